The van der Waals surface area contributed by atoms with Crippen LogP contribution in [0.5, 0.6) is 0 Å². The number of thiophene rings is 1. The molecule has 1 heterocycles. The van der Waals surface area contributed by atoms with Gasteiger partial charge in [-0.2, -0.15) is 0 Å². The first-order chi connectivity index (χ1) is 14.0. The number of hydrogen-bond donors (Lipinski definition) is 2. The third-order valence-corrected chi connectivity index (χ3v) is 4.97. The summed E-state index contributed by atoms with van der Waals surface area (Å²) >= 11 is 1.55. The first-order valence-electron chi connectivity index (χ1n) is 8.71. The molecule has 0 saturated heterocycles. The Bertz CT molecular complexity index is 1040. The number of hydrogen-bond acceptors (Lipinski definition) is 5. The second kappa shape index (κ2) is 9.48. The van der Waals surface area contributed by atoms with E-state index in [0.717, 1.165) is 15.3 Å². The Balaban J connectivity index is 1.47. The average Bonchev–Trinajstić information content (AvgIpc) is 3.21. The van der Waals surface area contributed by atoms with Gasteiger partial charge in [-0.05, 0) is 48.0 Å². The molecule has 2 amide bonds. The molecule has 0 spiro atoms. The molecule has 146 valence electrons. The van der Waals surface area contributed by atoms with Gasteiger partial charge in [-0.3, -0.25) is 9.59 Å². The summed E-state index contributed by atoms with van der Waals surface area (Å²) in [6.45, 7) is -0.416. The van der Waals surface area contributed by atoms with E-state index in [1.54, 1.807) is 29.5 Å². The largest absolute Gasteiger partial charge is 0.452 e. The number of carbonyl (C=O) groups is 3. The average molecular weight is 406 g/mol. The van der Waals surface area contributed by atoms with Crippen molar-refractivity contribution in [2.45, 2.75) is 0 Å². The zero-order chi connectivity index (χ0) is 20.6. The Kier molecular flexibility index (Phi) is 6.55. The van der Waals surface area contributed by atoms with Gasteiger partial charge in [0.05, 0.1) is 0 Å². The van der Waals surface area contributed by atoms with Crippen LogP contribution in [-0.2, 0) is 14.3 Å². The van der Waals surface area contributed by atoms with Crippen molar-refractivity contribution < 1.29 is 19.1 Å². The Morgan fingerprint density at radius 1 is 0.966 bits per heavy atom. The first kappa shape index (κ1) is 20.0. The van der Waals surface area contributed by atoms with Gasteiger partial charge in [0.1, 0.15) is 0 Å². The minimum absolute atomic E-state index is 0.337. The molecule has 0 bridgehead atoms. The van der Waals surface area contributed by atoms with Gasteiger partial charge in [-0.15, -0.1) is 11.3 Å². The second-order valence-corrected chi connectivity index (χ2v) is 7.11. The van der Waals surface area contributed by atoms with Crippen LogP contribution in [0.3, 0.4) is 0 Å². The van der Waals surface area contributed by atoms with Crippen molar-refractivity contribution in [3.05, 3.63) is 83.2 Å². The third kappa shape index (κ3) is 5.88. The maximum Gasteiger partial charge on any atom is 0.331 e. The van der Waals surface area contributed by atoms with Gasteiger partial charge in [0.15, 0.2) is 6.61 Å². The van der Waals surface area contributed by atoms with Gasteiger partial charge in [-0.25, -0.2) is 4.79 Å². The van der Waals surface area contributed by atoms with E-state index in [0.29, 0.717) is 11.3 Å². The van der Waals surface area contributed by atoms with E-state index in [1.165, 1.54) is 18.2 Å². The molecular formula is C22H18N2O4S. The molecule has 0 saturated carbocycles. The fourth-order valence-corrected chi connectivity index (χ4v) is 3.37. The van der Waals surface area contributed by atoms with E-state index in [1.807, 2.05) is 42.5 Å². The lowest BCUT2D eigenvalue weighted by atomic mass is 10.2. The minimum Gasteiger partial charge on any atom is -0.452 e. The van der Waals surface area contributed by atoms with Gasteiger partial charge in [0.25, 0.3) is 5.91 Å². The highest BCUT2D eigenvalue weighted by Crippen LogP contribution is 2.28. The lowest BCUT2D eigenvalue weighted by Gasteiger charge is -2.05. The predicted molar refractivity (Wildman–Crippen MR) is 113 cm³/mol. The molecule has 0 fully saturated rings. The molecule has 3 rings (SSSR count). The summed E-state index contributed by atoms with van der Waals surface area (Å²) in [6.07, 6.45) is 2.94. The van der Waals surface area contributed by atoms with Crippen molar-refractivity contribution in [1.29, 1.82) is 0 Å². The van der Waals surface area contributed by atoms with Crippen LogP contribution in [0.25, 0.3) is 16.5 Å². The molecule has 0 radical (unpaired) electrons. The minimum atomic E-state index is -0.612. The van der Waals surface area contributed by atoms with Crippen LogP contribution >= 0.6 is 11.3 Å². The molecular weight excluding hydrogens is 388 g/mol. The molecule has 29 heavy (non-hydrogen) atoms. The van der Waals surface area contributed by atoms with Crippen LogP contribution in [0.1, 0.15) is 15.2 Å². The smallest absolute Gasteiger partial charge is 0.331 e. The van der Waals surface area contributed by atoms with Crippen LogP contribution < -0.4 is 11.1 Å². The van der Waals surface area contributed by atoms with E-state index in [2.05, 4.69) is 5.32 Å². The number of esters is 1. The molecule has 1 aromatic heterocycles. The van der Waals surface area contributed by atoms with Crippen molar-refractivity contribution in [3.63, 3.8) is 0 Å². The number of nitrogens with two attached hydrogens (primary N) is 1. The molecule has 0 aliphatic carbocycles. The lowest BCUT2D eigenvalue weighted by molar-refractivity contribution is -0.142. The maximum atomic E-state index is 11.9. The highest BCUT2D eigenvalue weighted by Gasteiger charge is 2.07. The van der Waals surface area contributed by atoms with Gasteiger partial charge in [-0.1, -0.05) is 30.3 Å². The van der Waals surface area contributed by atoms with Crippen molar-refractivity contribution in [1.82, 2.24) is 0 Å². The van der Waals surface area contributed by atoms with Crippen molar-refractivity contribution in [2.24, 2.45) is 5.73 Å². The molecule has 7 heteroatoms. The zero-order valence-corrected chi connectivity index (χ0v) is 16.1. The molecule has 2 aromatic carbocycles. The number of amides is 2. The van der Waals surface area contributed by atoms with Crippen LogP contribution in [-0.4, -0.2) is 24.4 Å². The normalized spacial score (nSPS) is 10.6. The highest BCUT2D eigenvalue weighted by molar-refractivity contribution is 7.16. The summed E-state index contributed by atoms with van der Waals surface area (Å²) < 4.78 is 4.94. The van der Waals surface area contributed by atoms with Crippen LogP contribution in [0.4, 0.5) is 5.69 Å². The van der Waals surface area contributed by atoms with Crippen LogP contribution in [0.15, 0.2) is 72.8 Å². The molecule has 3 N–H and O–H groups in total. The van der Waals surface area contributed by atoms with Crippen molar-refractivity contribution in [3.8, 4) is 10.4 Å². The summed E-state index contributed by atoms with van der Waals surface area (Å²) in [5.41, 5.74) is 7.08. The number of benzene rings is 2. The number of anilines is 1. The number of nitrogens with one attached hydrogen (secondary N) is 1. The summed E-state index contributed by atoms with van der Waals surface area (Å²) in [7, 11) is 0. The standard InChI is InChI=1S/C22H18N2O4S/c23-22(27)16-6-8-17(9-7-16)24-20(25)14-28-21(26)13-11-18-10-12-19(29-18)15-4-2-1-3-5-15/h1-13H,14H2,(H2,23,27)(H,24,25)/b13-11+. The maximum absolute atomic E-state index is 11.9. The molecule has 0 unspecified atom stereocenters. The van der Waals surface area contributed by atoms with Gasteiger partial charge in [0.2, 0.25) is 5.91 Å². The van der Waals surface area contributed by atoms with Crippen molar-refractivity contribution >= 4 is 40.9 Å². The fourth-order valence-electron chi connectivity index (χ4n) is 2.45. The SMILES string of the molecule is NC(=O)c1ccc(NC(=O)COC(=O)/C=C/c2ccc(-c3ccccc3)s2)cc1. The summed E-state index contributed by atoms with van der Waals surface area (Å²) in [5.74, 6) is -1.65. The fraction of sp³-hybridized carbons (Fsp3) is 0.0455. The molecule has 3 aromatic rings. The summed E-state index contributed by atoms with van der Waals surface area (Å²) in [6, 6.07) is 19.9. The number of ether oxygens (including phenoxy) is 1. The molecule has 6 nitrogen and oxygen atoms in total. The van der Waals surface area contributed by atoms with E-state index in [-0.39, 0.29) is 0 Å². The van der Waals surface area contributed by atoms with E-state index in [9.17, 15) is 14.4 Å². The number of carbonyl (C=O) groups excluding carboxylic acids is 3. The number of primary amides is 1. The Hall–Kier alpha value is -3.71. The van der Waals surface area contributed by atoms with Gasteiger partial charge in [0, 0.05) is 27.1 Å². The summed E-state index contributed by atoms with van der Waals surface area (Å²) in [5, 5.41) is 2.57. The van der Waals surface area contributed by atoms with E-state index in [4.69, 9.17) is 10.5 Å². The van der Waals surface area contributed by atoms with Gasteiger partial charge >= 0.3 is 5.97 Å². The van der Waals surface area contributed by atoms with E-state index >= 15 is 0 Å². The van der Waals surface area contributed by atoms with Crippen molar-refractivity contribution in [2.75, 3.05) is 11.9 Å². The van der Waals surface area contributed by atoms with Gasteiger partial charge < -0.3 is 15.8 Å². The predicted octanol–water partition coefficient (Wildman–Crippen LogP) is 3.71. The highest BCUT2D eigenvalue weighted by atomic mass is 32.1. The molecule has 0 aliphatic heterocycles. The summed E-state index contributed by atoms with van der Waals surface area (Å²) in [4.78, 5) is 36.7. The first-order valence-corrected chi connectivity index (χ1v) is 9.53. The van der Waals surface area contributed by atoms with Crippen LogP contribution in [0.2, 0.25) is 0 Å². The monoisotopic (exact) mass is 406 g/mol. The Morgan fingerprint density at radius 3 is 2.38 bits per heavy atom. The topological polar surface area (TPSA) is 98.5 Å². The Labute approximate surface area is 171 Å². The third-order valence-electron chi connectivity index (χ3n) is 3.87. The molecule has 0 atom stereocenters. The Morgan fingerprint density at radius 2 is 1.69 bits per heavy atom. The van der Waals surface area contributed by atoms with E-state index < -0.39 is 24.4 Å². The molecule has 0 aliphatic rings. The number of rotatable bonds is 7. The lowest BCUT2D eigenvalue weighted by Crippen LogP contribution is -2.20. The van der Waals surface area contributed by atoms with Crippen LogP contribution in [0, 0.1) is 0 Å². The quantitative estimate of drug-likeness (QED) is 0.462. The zero-order valence-electron chi connectivity index (χ0n) is 15.3. The second-order valence-electron chi connectivity index (χ2n) is 6.00.